The second-order valence-electron chi connectivity index (χ2n) is 4.30. The van der Waals surface area contributed by atoms with Crippen LogP contribution in [-0.4, -0.2) is 17.4 Å². The number of nitrogens with zero attached hydrogens (tertiary/aromatic N) is 2. The molecule has 0 bridgehead atoms. The lowest BCUT2D eigenvalue weighted by atomic mass is 10.2. The molecule has 1 heterocycles. The molecule has 3 rings (SSSR count). The van der Waals surface area contributed by atoms with Gasteiger partial charge in [0.15, 0.2) is 0 Å². The maximum Gasteiger partial charge on any atom is 0.269 e. The Bertz CT molecular complexity index is 851. The van der Waals surface area contributed by atoms with Crippen LogP contribution in [0.1, 0.15) is 5.56 Å². The number of fused-ring (bicyclic) bond motifs is 1. The van der Waals surface area contributed by atoms with Crippen molar-refractivity contribution >= 4 is 21.1 Å². The van der Waals surface area contributed by atoms with Gasteiger partial charge >= 0.3 is 0 Å². The van der Waals surface area contributed by atoms with Crippen molar-refractivity contribution in [2.75, 3.05) is 0 Å². The molecule has 2 aromatic carbocycles. The Morgan fingerprint density at radius 1 is 1.00 bits per heavy atom. The molecule has 0 radical (unpaired) electrons. The summed E-state index contributed by atoms with van der Waals surface area (Å²) < 4.78 is 26.5. The van der Waals surface area contributed by atoms with Crippen molar-refractivity contribution in [3.8, 4) is 0 Å². The van der Waals surface area contributed by atoms with Gasteiger partial charge in [-0.15, -0.1) is 0 Å². The van der Waals surface area contributed by atoms with Crippen molar-refractivity contribution in [3.05, 3.63) is 60.4 Å². The van der Waals surface area contributed by atoms with Crippen LogP contribution in [0, 0.1) is 6.92 Å². The van der Waals surface area contributed by atoms with E-state index in [0.717, 1.165) is 5.56 Å². The molecule has 0 fully saturated rings. The van der Waals surface area contributed by atoms with Crippen LogP contribution >= 0.6 is 0 Å². The van der Waals surface area contributed by atoms with E-state index in [1.165, 1.54) is 10.3 Å². The molecule has 0 saturated heterocycles. The van der Waals surface area contributed by atoms with E-state index >= 15 is 0 Å². The SMILES string of the molecule is Cc1ccccc1S(=O)(=O)n1cnc2ccccc21. The highest BCUT2D eigenvalue weighted by Crippen LogP contribution is 2.22. The van der Waals surface area contributed by atoms with E-state index in [9.17, 15) is 8.42 Å². The first kappa shape index (κ1) is 11.9. The Morgan fingerprint density at radius 3 is 2.47 bits per heavy atom. The molecule has 0 aliphatic rings. The lowest BCUT2D eigenvalue weighted by Gasteiger charge is -2.08. The number of para-hydroxylation sites is 2. The van der Waals surface area contributed by atoms with Gasteiger partial charge in [-0.3, -0.25) is 0 Å². The lowest BCUT2D eigenvalue weighted by Crippen LogP contribution is -2.13. The number of hydrogen-bond acceptors (Lipinski definition) is 3. The molecule has 19 heavy (non-hydrogen) atoms. The van der Waals surface area contributed by atoms with Crippen LogP contribution in [0.15, 0.2) is 59.8 Å². The average Bonchev–Trinajstić information content (AvgIpc) is 2.83. The zero-order chi connectivity index (χ0) is 13.5. The van der Waals surface area contributed by atoms with Gasteiger partial charge in [-0.05, 0) is 30.7 Å². The van der Waals surface area contributed by atoms with Crippen molar-refractivity contribution in [1.29, 1.82) is 0 Å². The first-order valence-electron chi connectivity index (χ1n) is 5.84. The number of hydrogen-bond donors (Lipinski definition) is 0. The summed E-state index contributed by atoms with van der Waals surface area (Å²) in [5.41, 5.74) is 1.98. The predicted octanol–water partition coefficient (Wildman–Crippen LogP) is 2.58. The molecule has 0 N–H and O–H groups in total. The third-order valence-electron chi connectivity index (χ3n) is 3.05. The van der Waals surface area contributed by atoms with Gasteiger partial charge in [0, 0.05) is 0 Å². The third kappa shape index (κ3) is 1.82. The summed E-state index contributed by atoms with van der Waals surface area (Å²) in [6.07, 6.45) is 1.35. The van der Waals surface area contributed by atoms with Crippen molar-refractivity contribution in [2.24, 2.45) is 0 Å². The summed E-state index contributed by atoms with van der Waals surface area (Å²) in [4.78, 5) is 4.43. The monoisotopic (exact) mass is 272 g/mol. The van der Waals surface area contributed by atoms with Crippen molar-refractivity contribution in [2.45, 2.75) is 11.8 Å². The summed E-state index contributed by atoms with van der Waals surface area (Å²) in [5, 5.41) is 0. The fourth-order valence-corrected chi connectivity index (χ4v) is 3.60. The van der Waals surface area contributed by atoms with Crippen LogP contribution in [0.3, 0.4) is 0 Å². The molecule has 1 aromatic heterocycles. The highest BCUT2D eigenvalue weighted by Gasteiger charge is 2.20. The van der Waals surface area contributed by atoms with Crippen molar-refractivity contribution in [1.82, 2.24) is 8.96 Å². The first-order chi connectivity index (χ1) is 9.10. The van der Waals surface area contributed by atoms with Gasteiger partial charge in [0.2, 0.25) is 0 Å². The van der Waals surface area contributed by atoms with Gasteiger partial charge in [0.1, 0.15) is 6.33 Å². The van der Waals surface area contributed by atoms with Crippen molar-refractivity contribution < 1.29 is 8.42 Å². The molecule has 96 valence electrons. The summed E-state index contributed by atoms with van der Waals surface area (Å²) >= 11 is 0. The predicted molar refractivity (Wildman–Crippen MR) is 73.5 cm³/mol. The summed E-state index contributed by atoms with van der Waals surface area (Å²) in [6, 6.07) is 14.1. The molecule has 4 nitrogen and oxygen atoms in total. The zero-order valence-corrected chi connectivity index (χ0v) is 11.1. The van der Waals surface area contributed by atoms with Crippen LogP contribution in [0.5, 0.6) is 0 Å². The van der Waals surface area contributed by atoms with E-state index in [-0.39, 0.29) is 0 Å². The van der Waals surface area contributed by atoms with Gasteiger partial charge in [-0.25, -0.2) is 17.4 Å². The van der Waals surface area contributed by atoms with E-state index in [0.29, 0.717) is 15.9 Å². The van der Waals surface area contributed by atoms with Gasteiger partial charge in [0.25, 0.3) is 10.0 Å². The Kier molecular flexibility index (Phi) is 2.64. The zero-order valence-electron chi connectivity index (χ0n) is 10.3. The fourth-order valence-electron chi connectivity index (χ4n) is 2.08. The van der Waals surface area contributed by atoms with Crippen LogP contribution in [0.2, 0.25) is 0 Å². The van der Waals surface area contributed by atoms with Crippen molar-refractivity contribution in [3.63, 3.8) is 0 Å². The Morgan fingerprint density at radius 2 is 1.68 bits per heavy atom. The topological polar surface area (TPSA) is 52.0 Å². The van der Waals surface area contributed by atoms with Crippen LogP contribution in [-0.2, 0) is 10.0 Å². The normalized spacial score (nSPS) is 11.8. The maximum atomic E-state index is 12.7. The minimum atomic E-state index is -3.60. The van der Waals surface area contributed by atoms with Crippen LogP contribution < -0.4 is 0 Å². The molecular weight excluding hydrogens is 260 g/mol. The number of imidazole rings is 1. The smallest absolute Gasteiger partial charge is 0.236 e. The summed E-state index contributed by atoms with van der Waals surface area (Å²) in [5.74, 6) is 0. The third-order valence-corrected chi connectivity index (χ3v) is 4.87. The molecule has 0 amide bonds. The minimum Gasteiger partial charge on any atom is -0.236 e. The molecule has 0 saturated carbocycles. The molecular formula is C14H12N2O2S. The number of benzene rings is 2. The lowest BCUT2D eigenvalue weighted by molar-refractivity contribution is 0.588. The second kappa shape index (κ2) is 4.20. The maximum absolute atomic E-state index is 12.7. The molecule has 0 unspecified atom stereocenters. The van der Waals surface area contributed by atoms with Crippen LogP contribution in [0.25, 0.3) is 11.0 Å². The van der Waals surface area contributed by atoms with Gasteiger partial charge in [-0.2, -0.15) is 0 Å². The number of aromatic nitrogens is 2. The van der Waals surface area contributed by atoms with Gasteiger partial charge in [0.05, 0.1) is 15.9 Å². The Balaban J connectivity index is 2.29. The fraction of sp³-hybridized carbons (Fsp3) is 0.0714. The standard InChI is InChI=1S/C14H12N2O2S/c1-11-6-2-5-9-14(11)19(17,18)16-10-15-12-7-3-4-8-13(12)16/h2-10H,1H3. The molecule has 3 aromatic rings. The van der Waals surface area contributed by atoms with Gasteiger partial charge in [-0.1, -0.05) is 30.3 Å². The minimum absolute atomic E-state index is 0.304. The first-order valence-corrected chi connectivity index (χ1v) is 7.28. The highest BCUT2D eigenvalue weighted by molar-refractivity contribution is 7.90. The van der Waals surface area contributed by atoms with Crippen LogP contribution in [0.4, 0.5) is 0 Å². The Hall–Kier alpha value is -2.14. The summed E-state index contributed by atoms with van der Waals surface area (Å²) in [6.45, 7) is 1.78. The highest BCUT2D eigenvalue weighted by atomic mass is 32.2. The largest absolute Gasteiger partial charge is 0.269 e. The van der Waals surface area contributed by atoms with E-state index in [4.69, 9.17) is 0 Å². The molecule has 0 spiro atoms. The second-order valence-corrected chi connectivity index (χ2v) is 6.08. The van der Waals surface area contributed by atoms with E-state index < -0.39 is 10.0 Å². The Labute approximate surface area is 111 Å². The quantitative estimate of drug-likeness (QED) is 0.720. The molecule has 5 heteroatoms. The van der Waals surface area contributed by atoms with E-state index in [1.807, 2.05) is 12.1 Å². The molecule has 0 atom stereocenters. The number of rotatable bonds is 2. The average molecular weight is 272 g/mol. The number of aryl methyl sites for hydroxylation is 1. The molecule has 0 aliphatic carbocycles. The summed E-state index contributed by atoms with van der Waals surface area (Å²) in [7, 11) is -3.60. The van der Waals surface area contributed by atoms with E-state index in [1.54, 1.807) is 43.3 Å². The molecule has 0 aliphatic heterocycles. The van der Waals surface area contributed by atoms with Gasteiger partial charge < -0.3 is 0 Å². The van der Waals surface area contributed by atoms with E-state index in [2.05, 4.69) is 4.98 Å².